The molecule has 0 saturated heterocycles. The Hall–Kier alpha value is -3.40. The summed E-state index contributed by atoms with van der Waals surface area (Å²) in [5.41, 5.74) is 2.76. The number of ether oxygens (including phenoxy) is 2. The van der Waals surface area contributed by atoms with Crippen LogP contribution in [-0.4, -0.2) is 17.1 Å². The first kappa shape index (κ1) is 21.3. The Kier molecular flexibility index (Phi) is 6.68. The summed E-state index contributed by atoms with van der Waals surface area (Å²) in [6.07, 6.45) is 4.78. The molecule has 0 aliphatic carbocycles. The second-order valence-corrected chi connectivity index (χ2v) is 8.18. The fraction of sp³-hybridized carbons (Fsp3) is 0.231. The maximum Gasteiger partial charge on any atom is 0.303 e. The van der Waals surface area contributed by atoms with Crippen molar-refractivity contribution in [3.05, 3.63) is 90.4 Å². The normalized spacial score (nSPS) is 12.9. The van der Waals surface area contributed by atoms with E-state index in [0.29, 0.717) is 11.5 Å². The molecule has 1 aromatic heterocycles. The third-order valence-corrected chi connectivity index (χ3v) is 4.52. The summed E-state index contributed by atoms with van der Waals surface area (Å²) >= 11 is 0. The first-order chi connectivity index (χ1) is 14.3. The van der Waals surface area contributed by atoms with Gasteiger partial charge in [-0.3, -0.25) is 9.78 Å². The van der Waals surface area contributed by atoms with Crippen molar-refractivity contribution >= 4 is 12.0 Å². The fourth-order valence-electron chi connectivity index (χ4n) is 3.09. The van der Waals surface area contributed by atoms with Gasteiger partial charge in [0.2, 0.25) is 0 Å². The first-order valence-electron chi connectivity index (χ1n) is 9.95. The van der Waals surface area contributed by atoms with E-state index in [4.69, 9.17) is 9.47 Å². The zero-order valence-electron chi connectivity index (χ0n) is 17.8. The van der Waals surface area contributed by atoms with Crippen LogP contribution in [0.2, 0.25) is 0 Å². The Morgan fingerprint density at radius 3 is 2.17 bits per heavy atom. The highest BCUT2D eigenvalue weighted by atomic mass is 16.6. The lowest BCUT2D eigenvalue weighted by Gasteiger charge is -2.31. The van der Waals surface area contributed by atoms with Crippen LogP contribution in [0.25, 0.3) is 17.2 Å². The van der Waals surface area contributed by atoms with Crippen molar-refractivity contribution < 1.29 is 14.3 Å². The predicted octanol–water partition coefficient (Wildman–Crippen LogP) is 6.15. The van der Waals surface area contributed by atoms with Crippen LogP contribution in [0, 0.1) is 5.41 Å². The van der Waals surface area contributed by atoms with Gasteiger partial charge in [-0.1, -0.05) is 69.3 Å². The van der Waals surface area contributed by atoms with E-state index >= 15 is 0 Å². The van der Waals surface area contributed by atoms with E-state index in [-0.39, 0.29) is 11.4 Å². The van der Waals surface area contributed by atoms with Crippen LogP contribution >= 0.6 is 0 Å². The lowest BCUT2D eigenvalue weighted by molar-refractivity contribution is -0.150. The molecule has 1 unspecified atom stereocenters. The van der Waals surface area contributed by atoms with Crippen LogP contribution in [0.5, 0.6) is 5.75 Å². The van der Waals surface area contributed by atoms with Crippen LogP contribution in [0.15, 0.2) is 84.9 Å². The molecule has 2 aromatic carbocycles. The van der Waals surface area contributed by atoms with Crippen molar-refractivity contribution in [2.75, 3.05) is 0 Å². The number of rotatable bonds is 6. The average molecular weight is 402 g/mol. The lowest BCUT2D eigenvalue weighted by Crippen LogP contribution is -2.34. The largest absolute Gasteiger partial charge is 0.458 e. The van der Waals surface area contributed by atoms with Crippen molar-refractivity contribution in [3.8, 4) is 16.9 Å². The molecule has 0 radical (unpaired) electrons. The molecule has 154 valence electrons. The number of nitrogens with zero attached hydrogens (tertiary/aromatic N) is 1. The molecule has 3 rings (SSSR count). The smallest absolute Gasteiger partial charge is 0.303 e. The van der Waals surface area contributed by atoms with Crippen molar-refractivity contribution in [1.82, 2.24) is 4.98 Å². The molecule has 0 amide bonds. The van der Waals surface area contributed by atoms with Gasteiger partial charge in [0.25, 0.3) is 0 Å². The second-order valence-electron chi connectivity index (χ2n) is 8.18. The van der Waals surface area contributed by atoms with E-state index in [1.54, 1.807) is 12.4 Å². The molecule has 3 aromatic rings. The van der Waals surface area contributed by atoms with E-state index < -0.39 is 6.10 Å². The standard InChI is InChI=1S/C26H27NO3/c1-19(28)29-25(26(2,3)4)24(17-20-9-8-16-27-18-20)30-23-14-12-22(13-15-23)21-10-6-5-7-11-21/h5-18,25H,1-4H3/b24-17+. The number of carbonyl (C=O) groups excluding carboxylic acids is 1. The monoisotopic (exact) mass is 401 g/mol. The Labute approximate surface area is 178 Å². The average Bonchev–Trinajstić information content (AvgIpc) is 2.73. The number of benzene rings is 2. The number of carbonyl (C=O) groups is 1. The van der Waals surface area contributed by atoms with Crippen LogP contribution in [-0.2, 0) is 9.53 Å². The lowest BCUT2D eigenvalue weighted by atomic mass is 9.87. The minimum Gasteiger partial charge on any atom is -0.458 e. The Bertz CT molecular complexity index is 988. The minimum absolute atomic E-state index is 0.352. The summed E-state index contributed by atoms with van der Waals surface area (Å²) in [7, 11) is 0. The van der Waals surface area contributed by atoms with E-state index in [1.807, 2.05) is 81.4 Å². The zero-order valence-corrected chi connectivity index (χ0v) is 17.8. The third-order valence-electron chi connectivity index (χ3n) is 4.52. The number of hydrogen-bond acceptors (Lipinski definition) is 4. The number of hydrogen-bond donors (Lipinski definition) is 0. The summed E-state index contributed by atoms with van der Waals surface area (Å²) in [5, 5.41) is 0. The molecule has 4 heteroatoms. The van der Waals surface area contributed by atoms with Gasteiger partial charge in [0, 0.05) is 24.7 Å². The van der Waals surface area contributed by atoms with Gasteiger partial charge in [-0.15, -0.1) is 0 Å². The SMILES string of the molecule is CC(=O)OC(/C(=C\c1cccnc1)Oc1ccc(-c2ccccc2)cc1)C(C)(C)C. The molecule has 0 N–H and O–H groups in total. The van der Waals surface area contributed by atoms with Crippen LogP contribution in [0.3, 0.4) is 0 Å². The molecule has 0 bridgehead atoms. The Morgan fingerprint density at radius 2 is 1.60 bits per heavy atom. The van der Waals surface area contributed by atoms with Gasteiger partial charge >= 0.3 is 5.97 Å². The van der Waals surface area contributed by atoms with Gasteiger partial charge in [-0.2, -0.15) is 0 Å². The van der Waals surface area contributed by atoms with E-state index in [2.05, 4.69) is 17.1 Å². The van der Waals surface area contributed by atoms with E-state index in [9.17, 15) is 4.79 Å². The number of pyridine rings is 1. The topological polar surface area (TPSA) is 48.4 Å². The van der Waals surface area contributed by atoms with Crippen molar-refractivity contribution in [2.24, 2.45) is 5.41 Å². The fourth-order valence-corrected chi connectivity index (χ4v) is 3.09. The van der Waals surface area contributed by atoms with Gasteiger partial charge in [0.05, 0.1) is 0 Å². The summed E-state index contributed by atoms with van der Waals surface area (Å²) in [6, 6.07) is 21.8. The van der Waals surface area contributed by atoms with E-state index in [0.717, 1.165) is 16.7 Å². The molecule has 0 fully saturated rings. The maximum atomic E-state index is 11.8. The van der Waals surface area contributed by atoms with Crippen LogP contribution in [0.4, 0.5) is 0 Å². The highest BCUT2D eigenvalue weighted by Crippen LogP contribution is 2.32. The molecule has 0 spiro atoms. The molecule has 30 heavy (non-hydrogen) atoms. The number of aromatic nitrogens is 1. The van der Waals surface area contributed by atoms with E-state index in [1.165, 1.54) is 6.92 Å². The highest BCUT2D eigenvalue weighted by Gasteiger charge is 2.33. The molecular weight excluding hydrogens is 374 g/mol. The van der Waals surface area contributed by atoms with Gasteiger partial charge < -0.3 is 9.47 Å². The first-order valence-corrected chi connectivity index (χ1v) is 9.95. The van der Waals surface area contributed by atoms with Crippen molar-refractivity contribution in [2.45, 2.75) is 33.8 Å². The van der Waals surface area contributed by atoms with Gasteiger partial charge in [0.1, 0.15) is 11.5 Å². The zero-order chi connectivity index (χ0) is 21.6. The molecular formula is C26H27NO3. The maximum absolute atomic E-state index is 11.8. The van der Waals surface area contributed by atoms with Crippen molar-refractivity contribution in [3.63, 3.8) is 0 Å². The molecule has 0 aliphatic rings. The van der Waals surface area contributed by atoms with Crippen LogP contribution < -0.4 is 4.74 Å². The summed E-state index contributed by atoms with van der Waals surface area (Å²) in [4.78, 5) is 16.0. The quantitative estimate of drug-likeness (QED) is 0.367. The summed E-state index contributed by atoms with van der Waals surface area (Å²) in [6.45, 7) is 7.45. The van der Waals surface area contributed by atoms with Gasteiger partial charge in [-0.25, -0.2) is 0 Å². The molecule has 0 saturated carbocycles. The minimum atomic E-state index is -0.552. The Morgan fingerprint density at radius 1 is 0.933 bits per heavy atom. The third kappa shape index (κ3) is 5.80. The predicted molar refractivity (Wildman–Crippen MR) is 120 cm³/mol. The highest BCUT2D eigenvalue weighted by molar-refractivity contribution is 5.67. The van der Waals surface area contributed by atoms with Gasteiger partial charge in [0.15, 0.2) is 6.10 Å². The van der Waals surface area contributed by atoms with Crippen LogP contribution in [0.1, 0.15) is 33.3 Å². The van der Waals surface area contributed by atoms with Gasteiger partial charge in [-0.05, 0) is 41.0 Å². The Balaban J connectivity index is 1.94. The summed E-state index contributed by atoms with van der Waals surface area (Å²) < 4.78 is 11.9. The van der Waals surface area contributed by atoms with Crippen molar-refractivity contribution in [1.29, 1.82) is 0 Å². The number of esters is 1. The molecule has 1 atom stereocenters. The molecule has 0 aliphatic heterocycles. The summed E-state index contributed by atoms with van der Waals surface area (Å²) in [5.74, 6) is 0.874. The molecule has 4 nitrogen and oxygen atoms in total. The second kappa shape index (κ2) is 9.40. The molecule has 1 heterocycles.